The van der Waals surface area contributed by atoms with Crippen molar-refractivity contribution in [3.8, 4) is 5.75 Å². The lowest BCUT2D eigenvalue weighted by Crippen LogP contribution is -2.35. The Morgan fingerprint density at radius 1 is 1.24 bits per heavy atom. The fraction of sp³-hybridized carbons (Fsp3) is 0.600. The van der Waals surface area contributed by atoms with Gasteiger partial charge in [-0.15, -0.1) is 0 Å². The fourth-order valence-electron chi connectivity index (χ4n) is 1.71. The van der Waals surface area contributed by atoms with E-state index in [1.165, 1.54) is 11.1 Å². The summed E-state index contributed by atoms with van der Waals surface area (Å²) in [6, 6.07) is 6.24. The van der Waals surface area contributed by atoms with E-state index in [2.05, 4.69) is 58.1 Å². The second-order valence-electron chi connectivity index (χ2n) is 4.91. The van der Waals surface area contributed by atoms with Gasteiger partial charge in [0.25, 0.3) is 0 Å². The summed E-state index contributed by atoms with van der Waals surface area (Å²) in [4.78, 5) is 0. The number of aryl methyl sites for hydroxylation is 1. The van der Waals surface area contributed by atoms with Gasteiger partial charge in [0.15, 0.2) is 0 Å². The highest BCUT2D eigenvalue weighted by Crippen LogP contribution is 2.23. The highest BCUT2D eigenvalue weighted by molar-refractivity contribution is 5.38. The third-order valence-electron chi connectivity index (χ3n) is 3.17. The molecule has 0 spiro atoms. The van der Waals surface area contributed by atoms with Crippen molar-refractivity contribution in [1.29, 1.82) is 0 Å². The van der Waals surface area contributed by atoms with Crippen molar-refractivity contribution in [2.24, 2.45) is 5.92 Å². The largest absolute Gasteiger partial charge is 0.489 e. The zero-order valence-corrected chi connectivity index (χ0v) is 11.7. The molecule has 1 aromatic carbocycles. The molecule has 1 unspecified atom stereocenters. The Bertz CT molecular complexity index is 347. The van der Waals surface area contributed by atoms with Crippen LogP contribution in [-0.2, 0) is 0 Å². The van der Waals surface area contributed by atoms with Crippen molar-refractivity contribution in [2.45, 2.75) is 40.7 Å². The van der Waals surface area contributed by atoms with Crippen LogP contribution in [0.2, 0.25) is 0 Å². The molecule has 0 fully saturated rings. The normalized spacial score (nSPS) is 12.8. The first-order chi connectivity index (χ1) is 8.06. The number of benzene rings is 1. The Morgan fingerprint density at radius 2 is 1.94 bits per heavy atom. The summed E-state index contributed by atoms with van der Waals surface area (Å²) in [5, 5.41) is 3.36. The molecule has 0 saturated heterocycles. The van der Waals surface area contributed by atoms with E-state index in [1.807, 2.05) is 0 Å². The van der Waals surface area contributed by atoms with Crippen LogP contribution in [0, 0.1) is 19.8 Å². The van der Waals surface area contributed by atoms with Gasteiger partial charge in [0.1, 0.15) is 11.9 Å². The van der Waals surface area contributed by atoms with Gasteiger partial charge in [-0.25, -0.2) is 0 Å². The summed E-state index contributed by atoms with van der Waals surface area (Å²) >= 11 is 0. The van der Waals surface area contributed by atoms with Crippen molar-refractivity contribution < 1.29 is 4.74 Å². The summed E-state index contributed by atoms with van der Waals surface area (Å²) in [7, 11) is 0. The van der Waals surface area contributed by atoms with Crippen molar-refractivity contribution in [3.05, 3.63) is 29.3 Å². The molecule has 0 radical (unpaired) electrons. The molecule has 0 saturated carbocycles. The molecular weight excluding hydrogens is 210 g/mol. The molecule has 2 nitrogen and oxygen atoms in total. The lowest BCUT2D eigenvalue weighted by Gasteiger charge is -2.24. The minimum atomic E-state index is 0.232. The van der Waals surface area contributed by atoms with Gasteiger partial charge in [0.05, 0.1) is 0 Å². The molecule has 1 N–H and O–H groups in total. The van der Waals surface area contributed by atoms with Crippen molar-refractivity contribution in [1.82, 2.24) is 5.32 Å². The molecule has 0 aliphatic heterocycles. The van der Waals surface area contributed by atoms with Gasteiger partial charge < -0.3 is 10.1 Å². The first-order valence-corrected chi connectivity index (χ1v) is 6.49. The molecule has 1 atom stereocenters. The maximum Gasteiger partial charge on any atom is 0.122 e. The number of rotatable bonds is 6. The Hall–Kier alpha value is -1.02. The van der Waals surface area contributed by atoms with Gasteiger partial charge in [-0.1, -0.05) is 32.9 Å². The van der Waals surface area contributed by atoms with Crippen LogP contribution in [0.4, 0.5) is 0 Å². The maximum atomic E-state index is 6.13. The molecule has 0 aromatic heterocycles. The summed E-state index contributed by atoms with van der Waals surface area (Å²) in [6.07, 6.45) is 0.232. The Balaban J connectivity index is 2.75. The number of hydrogen-bond donors (Lipinski definition) is 1. The van der Waals surface area contributed by atoms with Crippen LogP contribution in [-0.4, -0.2) is 19.2 Å². The van der Waals surface area contributed by atoms with Crippen LogP contribution in [0.15, 0.2) is 18.2 Å². The Kier molecular flexibility index (Phi) is 5.49. The molecule has 1 aromatic rings. The van der Waals surface area contributed by atoms with Gasteiger partial charge >= 0.3 is 0 Å². The predicted octanol–water partition coefficient (Wildman–Crippen LogP) is 3.32. The van der Waals surface area contributed by atoms with E-state index in [-0.39, 0.29) is 6.10 Å². The van der Waals surface area contributed by atoms with Crippen LogP contribution in [0.1, 0.15) is 31.9 Å². The number of hydrogen-bond acceptors (Lipinski definition) is 2. The Labute approximate surface area is 105 Å². The van der Waals surface area contributed by atoms with E-state index in [1.54, 1.807) is 0 Å². The van der Waals surface area contributed by atoms with Crippen LogP contribution in [0.25, 0.3) is 0 Å². The lowest BCUT2D eigenvalue weighted by molar-refractivity contribution is 0.148. The zero-order chi connectivity index (χ0) is 12.8. The third-order valence-corrected chi connectivity index (χ3v) is 3.17. The third kappa shape index (κ3) is 4.04. The predicted molar refractivity (Wildman–Crippen MR) is 73.7 cm³/mol. The van der Waals surface area contributed by atoms with Gasteiger partial charge in [0, 0.05) is 6.54 Å². The molecule has 2 heteroatoms. The summed E-state index contributed by atoms with van der Waals surface area (Å²) in [6.45, 7) is 12.7. The summed E-state index contributed by atoms with van der Waals surface area (Å²) in [5.41, 5.74) is 2.53. The molecule has 0 heterocycles. The highest BCUT2D eigenvalue weighted by atomic mass is 16.5. The second kappa shape index (κ2) is 6.65. The van der Waals surface area contributed by atoms with Crippen LogP contribution in [0.3, 0.4) is 0 Å². The number of nitrogens with one attached hydrogen (secondary N) is 1. The molecular formula is C15H25NO. The van der Waals surface area contributed by atoms with Gasteiger partial charge in [-0.2, -0.15) is 0 Å². The average Bonchev–Trinajstić information content (AvgIpc) is 2.29. The molecule has 0 aliphatic carbocycles. The van der Waals surface area contributed by atoms with E-state index in [9.17, 15) is 0 Å². The van der Waals surface area contributed by atoms with Crippen molar-refractivity contribution >= 4 is 0 Å². The van der Waals surface area contributed by atoms with Gasteiger partial charge in [-0.3, -0.25) is 0 Å². The van der Waals surface area contributed by atoms with E-state index in [4.69, 9.17) is 4.74 Å². The first-order valence-electron chi connectivity index (χ1n) is 6.49. The monoisotopic (exact) mass is 235 g/mol. The molecule has 0 bridgehead atoms. The van der Waals surface area contributed by atoms with E-state index < -0.39 is 0 Å². The first kappa shape index (κ1) is 14.0. The minimum Gasteiger partial charge on any atom is -0.489 e. The lowest BCUT2D eigenvalue weighted by atomic mass is 10.1. The van der Waals surface area contributed by atoms with Crippen LogP contribution < -0.4 is 10.1 Å². The molecule has 0 amide bonds. The number of ether oxygens (including phenoxy) is 1. The van der Waals surface area contributed by atoms with Crippen LogP contribution >= 0.6 is 0 Å². The highest BCUT2D eigenvalue weighted by Gasteiger charge is 2.15. The van der Waals surface area contributed by atoms with E-state index >= 15 is 0 Å². The van der Waals surface area contributed by atoms with Gasteiger partial charge in [0.2, 0.25) is 0 Å². The maximum absolute atomic E-state index is 6.13. The standard InChI is InChI=1S/C15H25NO/c1-6-16-10-15(11(2)3)17-14-9-7-8-12(4)13(14)5/h7-9,11,15-16H,6,10H2,1-5H3. The van der Waals surface area contributed by atoms with Crippen molar-refractivity contribution in [2.75, 3.05) is 13.1 Å². The van der Waals surface area contributed by atoms with E-state index in [0.717, 1.165) is 18.8 Å². The molecule has 1 rings (SSSR count). The zero-order valence-electron chi connectivity index (χ0n) is 11.7. The SMILES string of the molecule is CCNCC(Oc1cccc(C)c1C)C(C)C. The molecule has 96 valence electrons. The summed E-state index contributed by atoms with van der Waals surface area (Å²) in [5.74, 6) is 1.52. The second-order valence-corrected chi connectivity index (χ2v) is 4.91. The molecule has 0 aliphatic rings. The van der Waals surface area contributed by atoms with Gasteiger partial charge in [-0.05, 0) is 43.5 Å². The van der Waals surface area contributed by atoms with E-state index in [0.29, 0.717) is 5.92 Å². The summed E-state index contributed by atoms with van der Waals surface area (Å²) < 4.78 is 6.13. The smallest absolute Gasteiger partial charge is 0.122 e. The average molecular weight is 235 g/mol. The quantitative estimate of drug-likeness (QED) is 0.816. The fourth-order valence-corrected chi connectivity index (χ4v) is 1.71. The number of likely N-dealkylation sites (N-methyl/N-ethyl adjacent to an activating group) is 1. The van der Waals surface area contributed by atoms with Crippen molar-refractivity contribution in [3.63, 3.8) is 0 Å². The topological polar surface area (TPSA) is 21.3 Å². The minimum absolute atomic E-state index is 0.232. The Morgan fingerprint density at radius 3 is 2.53 bits per heavy atom. The molecule has 17 heavy (non-hydrogen) atoms. The van der Waals surface area contributed by atoms with Crippen LogP contribution in [0.5, 0.6) is 5.75 Å².